The molecule has 1 aliphatic rings. The first kappa shape index (κ1) is 16.4. The zero-order chi connectivity index (χ0) is 13.9. The molecule has 0 saturated carbocycles. The number of piperazine rings is 1. The Kier molecular flexibility index (Phi) is 5.76. The Morgan fingerprint density at radius 1 is 1.19 bits per heavy atom. The molecular weight excluding hydrogens is 307 g/mol. The van der Waals surface area contributed by atoms with Gasteiger partial charge in [-0.1, -0.05) is 12.1 Å². The molecule has 2 aromatic rings. The maximum atomic E-state index is 13.5. The van der Waals surface area contributed by atoms with Gasteiger partial charge in [-0.05, 0) is 46.5 Å². The van der Waals surface area contributed by atoms with Crippen molar-refractivity contribution in [2.24, 2.45) is 0 Å². The summed E-state index contributed by atoms with van der Waals surface area (Å²) in [6.07, 6.45) is 0. The summed E-state index contributed by atoms with van der Waals surface area (Å²) in [7, 11) is 0. The van der Waals surface area contributed by atoms with Crippen LogP contribution in [0.4, 0.5) is 4.39 Å². The second-order valence-corrected chi connectivity index (χ2v) is 6.03. The highest BCUT2D eigenvalue weighted by Crippen LogP contribution is 2.31. The number of thiophene rings is 1. The van der Waals surface area contributed by atoms with Gasteiger partial charge in [-0.3, -0.25) is 4.90 Å². The Hall–Kier alpha value is -0.940. The van der Waals surface area contributed by atoms with Crippen LogP contribution in [0.5, 0.6) is 0 Å². The van der Waals surface area contributed by atoms with E-state index in [1.165, 1.54) is 11.1 Å². The van der Waals surface area contributed by atoms with Gasteiger partial charge < -0.3 is 5.32 Å². The van der Waals surface area contributed by atoms with E-state index < -0.39 is 0 Å². The SMILES string of the molecule is Cc1cc([C@@H](c2ccsc2)N2CCNCC2)ccc1F.Cl. The van der Waals surface area contributed by atoms with E-state index in [1.54, 1.807) is 17.4 Å². The van der Waals surface area contributed by atoms with E-state index >= 15 is 0 Å². The number of rotatable bonds is 3. The third-order valence-electron chi connectivity index (χ3n) is 3.87. The lowest BCUT2D eigenvalue weighted by molar-refractivity contribution is 0.198. The van der Waals surface area contributed by atoms with Gasteiger partial charge in [0.15, 0.2) is 0 Å². The minimum absolute atomic E-state index is 0. The van der Waals surface area contributed by atoms with Gasteiger partial charge in [0.05, 0.1) is 6.04 Å². The second kappa shape index (κ2) is 7.36. The smallest absolute Gasteiger partial charge is 0.126 e. The summed E-state index contributed by atoms with van der Waals surface area (Å²) in [6.45, 7) is 5.91. The third-order valence-corrected chi connectivity index (χ3v) is 4.57. The molecule has 21 heavy (non-hydrogen) atoms. The Morgan fingerprint density at radius 3 is 2.57 bits per heavy atom. The van der Waals surface area contributed by atoms with Gasteiger partial charge in [-0.15, -0.1) is 12.4 Å². The summed E-state index contributed by atoms with van der Waals surface area (Å²) in [5.41, 5.74) is 3.21. The first-order valence-corrected chi connectivity index (χ1v) is 7.93. The molecule has 1 aromatic carbocycles. The number of hydrogen-bond donors (Lipinski definition) is 1. The van der Waals surface area contributed by atoms with Gasteiger partial charge in [0, 0.05) is 26.2 Å². The van der Waals surface area contributed by atoms with Crippen LogP contribution in [0.3, 0.4) is 0 Å². The summed E-state index contributed by atoms with van der Waals surface area (Å²) in [6, 6.07) is 7.91. The van der Waals surface area contributed by atoms with Gasteiger partial charge in [-0.2, -0.15) is 11.3 Å². The number of benzene rings is 1. The minimum atomic E-state index is -0.127. The van der Waals surface area contributed by atoms with E-state index in [4.69, 9.17) is 0 Å². The molecule has 5 heteroatoms. The molecule has 0 amide bonds. The first-order chi connectivity index (χ1) is 9.75. The average Bonchev–Trinajstić information content (AvgIpc) is 2.98. The number of halogens is 2. The van der Waals surface area contributed by atoms with Crippen LogP contribution in [0.15, 0.2) is 35.0 Å². The van der Waals surface area contributed by atoms with Crippen molar-refractivity contribution in [2.75, 3.05) is 26.2 Å². The van der Waals surface area contributed by atoms with Crippen molar-refractivity contribution in [3.05, 3.63) is 57.5 Å². The van der Waals surface area contributed by atoms with Crippen LogP contribution in [0.2, 0.25) is 0 Å². The molecule has 1 fully saturated rings. The van der Waals surface area contributed by atoms with E-state index in [9.17, 15) is 4.39 Å². The average molecular weight is 327 g/mol. The molecule has 2 nitrogen and oxygen atoms in total. The van der Waals surface area contributed by atoms with Gasteiger partial charge in [0.1, 0.15) is 5.82 Å². The summed E-state index contributed by atoms with van der Waals surface area (Å²) < 4.78 is 13.5. The van der Waals surface area contributed by atoms with E-state index in [2.05, 4.69) is 27.0 Å². The van der Waals surface area contributed by atoms with Crippen LogP contribution in [0.25, 0.3) is 0 Å². The number of hydrogen-bond acceptors (Lipinski definition) is 3. The monoisotopic (exact) mass is 326 g/mol. The fourth-order valence-electron chi connectivity index (χ4n) is 2.82. The van der Waals surface area contributed by atoms with Crippen molar-refractivity contribution < 1.29 is 4.39 Å². The highest BCUT2D eigenvalue weighted by molar-refractivity contribution is 7.08. The third kappa shape index (κ3) is 3.64. The zero-order valence-electron chi connectivity index (χ0n) is 12.0. The molecule has 1 atom stereocenters. The number of nitrogens with one attached hydrogen (secondary N) is 1. The Morgan fingerprint density at radius 2 is 1.95 bits per heavy atom. The Balaban J connectivity index is 0.00000161. The van der Waals surface area contributed by atoms with Gasteiger partial charge in [0.2, 0.25) is 0 Å². The van der Waals surface area contributed by atoms with Crippen LogP contribution in [-0.4, -0.2) is 31.1 Å². The predicted octanol–water partition coefficient (Wildman–Crippen LogP) is 3.61. The topological polar surface area (TPSA) is 15.3 Å². The molecule has 0 bridgehead atoms. The lowest BCUT2D eigenvalue weighted by Crippen LogP contribution is -2.45. The van der Waals surface area contributed by atoms with Gasteiger partial charge in [0.25, 0.3) is 0 Å². The maximum absolute atomic E-state index is 13.5. The lowest BCUT2D eigenvalue weighted by atomic mass is 9.97. The molecule has 1 aromatic heterocycles. The molecule has 3 rings (SSSR count). The van der Waals surface area contributed by atoms with Crippen LogP contribution >= 0.6 is 23.7 Å². The molecule has 0 aliphatic carbocycles. The largest absolute Gasteiger partial charge is 0.314 e. The van der Waals surface area contributed by atoms with Crippen molar-refractivity contribution in [1.29, 1.82) is 0 Å². The minimum Gasteiger partial charge on any atom is -0.314 e. The molecule has 1 aliphatic heterocycles. The van der Waals surface area contributed by atoms with Crippen molar-refractivity contribution >= 4 is 23.7 Å². The Labute approximate surface area is 135 Å². The molecule has 0 unspecified atom stereocenters. The molecule has 0 radical (unpaired) electrons. The molecule has 114 valence electrons. The lowest BCUT2D eigenvalue weighted by Gasteiger charge is -2.35. The summed E-state index contributed by atoms with van der Waals surface area (Å²) in [4.78, 5) is 2.48. The van der Waals surface area contributed by atoms with Crippen molar-refractivity contribution in [2.45, 2.75) is 13.0 Å². The normalized spacial score (nSPS) is 17.2. The van der Waals surface area contributed by atoms with Gasteiger partial charge >= 0.3 is 0 Å². The fraction of sp³-hybridized carbons (Fsp3) is 0.375. The van der Waals surface area contributed by atoms with Gasteiger partial charge in [-0.25, -0.2) is 4.39 Å². The van der Waals surface area contributed by atoms with E-state index in [1.807, 2.05) is 19.1 Å². The van der Waals surface area contributed by atoms with Crippen LogP contribution in [0, 0.1) is 12.7 Å². The molecule has 1 saturated heterocycles. The second-order valence-electron chi connectivity index (χ2n) is 5.25. The standard InChI is InChI=1S/C16H19FN2S.ClH/c1-12-10-13(2-3-15(12)17)16(14-4-9-20-11-14)19-7-5-18-6-8-19;/h2-4,9-11,16,18H,5-8H2,1H3;1H/t16-;/m0./s1. The fourth-order valence-corrected chi connectivity index (χ4v) is 3.50. The van der Waals surface area contributed by atoms with Crippen LogP contribution in [-0.2, 0) is 0 Å². The highest BCUT2D eigenvalue weighted by Gasteiger charge is 2.24. The number of aryl methyl sites for hydroxylation is 1. The van der Waals surface area contributed by atoms with E-state index in [0.29, 0.717) is 0 Å². The summed E-state index contributed by atoms with van der Waals surface area (Å²) in [5.74, 6) is -0.127. The molecule has 1 N–H and O–H groups in total. The van der Waals surface area contributed by atoms with Crippen molar-refractivity contribution in [3.8, 4) is 0 Å². The first-order valence-electron chi connectivity index (χ1n) is 6.98. The van der Waals surface area contributed by atoms with Crippen LogP contribution < -0.4 is 5.32 Å². The quantitative estimate of drug-likeness (QED) is 0.927. The Bertz CT molecular complexity index is 568. The highest BCUT2D eigenvalue weighted by atomic mass is 35.5. The van der Waals surface area contributed by atoms with E-state index in [0.717, 1.165) is 31.7 Å². The molecular formula is C16H20ClFN2S. The predicted molar refractivity (Wildman–Crippen MR) is 89.0 cm³/mol. The summed E-state index contributed by atoms with van der Waals surface area (Å²) >= 11 is 1.72. The summed E-state index contributed by atoms with van der Waals surface area (Å²) in [5, 5.41) is 7.70. The molecule has 0 spiro atoms. The van der Waals surface area contributed by atoms with E-state index in [-0.39, 0.29) is 24.3 Å². The number of nitrogens with zero attached hydrogens (tertiary/aromatic N) is 1. The van der Waals surface area contributed by atoms with Crippen LogP contribution in [0.1, 0.15) is 22.7 Å². The van der Waals surface area contributed by atoms with Crippen molar-refractivity contribution in [1.82, 2.24) is 10.2 Å². The zero-order valence-corrected chi connectivity index (χ0v) is 13.6. The molecule has 2 heterocycles. The maximum Gasteiger partial charge on any atom is 0.126 e. The van der Waals surface area contributed by atoms with Crippen molar-refractivity contribution in [3.63, 3.8) is 0 Å².